The van der Waals surface area contributed by atoms with E-state index in [0.29, 0.717) is 18.7 Å². The lowest BCUT2D eigenvalue weighted by Crippen LogP contribution is -2.44. The van der Waals surface area contributed by atoms with E-state index in [4.69, 9.17) is 0 Å². The summed E-state index contributed by atoms with van der Waals surface area (Å²) in [5.41, 5.74) is 1.17. The summed E-state index contributed by atoms with van der Waals surface area (Å²) in [6.07, 6.45) is 0.571. The van der Waals surface area contributed by atoms with Gasteiger partial charge in [0.25, 0.3) is 5.91 Å². The van der Waals surface area contributed by atoms with E-state index in [-0.39, 0.29) is 23.0 Å². The molecule has 1 aromatic carbocycles. The number of carbonyl (C=O) groups excluding carboxylic acids is 1. The lowest BCUT2D eigenvalue weighted by molar-refractivity contribution is 0.0740. The summed E-state index contributed by atoms with van der Waals surface area (Å²) in [5, 5.41) is 0.603. The fourth-order valence-electron chi connectivity index (χ4n) is 3.28. The van der Waals surface area contributed by atoms with E-state index in [1.165, 1.54) is 0 Å². The maximum Gasteiger partial charge on any atom is 0.272 e. The van der Waals surface area contributed by atoms with Gasteiger partial charge in [0.15, 0.2) is 9.84 Å². The molecule has 2 aromatic rings. The highest BCUT2D eigenvalue weighted by atomic mass is 32.2. The van der Waals surface area contributed by atoms with Gasteiger partial charge in [0, 0.05) is 18.0 Å². The number of hydrogen-bond donors (Lipinski definition) is 0. The van der Waals surface area contributed by atoms with Gasteiger partial charge in [-0.05, 0) is 18.6 Å². The van der Waals surface area contributed by atoms with Crippen molar-refractivity contribution in [3.63, 3.8) is 0 Å². The summed E-state index contributed by atoms with van der Waals surface area (Å²) in [6, 6.07) is 11.0. The van der Waals surface area contributed by atoms with Crippen LogP contribution in [-0.4, -0.2) is 47.8 Å². The van der Waals surface area contributed by atoms with Crippen LogP contribution in [0.3, 0.4) is 0 Å². The van der Waals surface area contributed by atoms with Crippen molar-refractivity contribution in [1.29, 1.82) is 0 Å². The van der Waals surface area contributed by atoms with Crippen molar-refractivity contribution in [3.8, 4) is 0 Å². The molecule has 0 aliphatic carbocycles. The fraction of sp³-hybridized carbons (Fsp3) is 0.333. The zero-order valence-electron chi connectivity index (χ0n) is 11.3. The molecule has 5 nitrogen and oxygen atoms in total. The molecule has 2 atom stereocenters. The second-order valence-electron chi connectivity index (χ2n) is 5.69. The van der Waals surface area contributed by atoms with Gasteiger partial charge in [-0.25, -0.2) is 13.4 Å². The van der Waals surface area contributed by atoms with E-state index in [2.05, 4.69) is 4.98 Å². The molecule has 2 saturated heterocycles. The van der Waals surface area contributed by atoms with E-state index in [1.54, 1.807) is 11.0 Å². The summed E-state index contributed by atoms with van der Waals surface area (Å²) in [6.45, 7) is 0.306. The van der Waals surface area contributed by atoms with Gasteiger partial charge >= 0.3 is 0 Å². The van der Waals surface area contributed by atoms with Crippen molar-refractivity contribution >= 4 is 26.6 Å². The van der Waals surface area contributed by atoms with Crippen LogP contribution in [0.15, 0.2) is 36.4 Å². The number of amides is 1. The molecular weight excluding hydrogens is 288 g/mol. The third-order valence-corrected chi connectivity index (χ3v) is 6.59. The molecule has 108 valence electrons. The summed E-state index contributed by atoms with van der Waals surface area (Å²) in [4.78, 5) is 18.6. The third kappa shape index (κ3) is 1.93. The second kappa shape index (κ2) is 4.27. The summed E-state index contributed by atoms with van der Waals surface area (Å²) in [5.74, 6) is -0.0695. The Bertz CT molecular complexity index is 847. The van der Waals surface area contributed by atoms with Crippen LogP contribution in [0.1, 0.15) is 16.9 Å². The molecule has 2 fully saturated rings. The molecule has 0 N–H and O–H groups in total. The molecule has 1 amide bonds. The number of fused-ring (bicyclic) bond motifs is 3. The molecule has 0 saturated carbocycles. The van der Waals surface area contributed by atoms with Crippen molar-refractivity contribution in [3.05, 3.63) is 42.1 Å². The van der Waals surface area contributed by atoms with Crippen LogP contribution < -0.4 is 0 Å². The molecule has 2 aliphatic heterocycles. The SMILES string of the molecule is O=C(c1ccc2ccccc2n1)N1CC2CC1CS2(=O)=O. The van der Waals surface area contributed by atoms with Crippen LogP contribution in [-0.2, 0) is 9.84 Å². The molecule has 21 heavy (non-hydrogen) atoms. The van der Waals surface area contributed by atoms with Gasteiger partial charge in [-0.3, -0.25) is 4.79 Å². The van der Waals surface area contributed by atoms with E-state index in [1.807, 2.05) is 30.3 Å². The monoisotopic (exact) mass is 302 g/mol. The Morgan fingerprint density at radius 3 is 2.71 bits per heavy atom. The van der Waals surface area contributed by atoms with Crippen LogP contribution in [0.25, 0.3) is 10.9 Å². The number of aromatic nitrogens is 1. The van der Waals surface area contributed by atoms with Crippen molar-refractivity contribution in [2.24, 2.45) is 0 Å². The fourth-order valence-corrected chi connectivity index (χ4v) is 5.30. The Kier molecular flexibility index (Phi) is 2.60. The minimum Gasteiger partial charge on any atom is -0.332 e. The van der Waals surface area contributed by atoms with Gasteiger partial charge in [0.05, 0.1) is 16.5 Å². The smallest absolute Gasteiger partial charge is 0.272 e. The quantitative estimate of drug-likeness (QED) is 0.795. The third-order valence-electron chi connectivity index (χ3n) is 4.39. The number of sulfone groups is 1. The predicted octanol–water partition coefficient (Wildman–Crippen LogP) is 1.25. The first kappa shape index (κ1) is 12.8. The van der Waals surface area contributed by atoms with Gasteiger partial charge in [-0.15, -0.1) is 0 Å². The number of benzene rings is 1. The molecular formula is C15H14N2O3S. The first-order valence-electron chi connectivity index (χ1n) is 6.93. The van der Waals surface area contributed by atoms with Gasteiger partial charge < -0.3 is 4.90 Å². The number of likely N-dealkylation sites (tertiary alicyclic amines) is 1. The molecule has 1 aromatic heterocycles. The number of rotatable bonds is 1. The molecule has 6 heteroatoms. The lowest BCUT2D eigenvalue weighted by atomic mass is 10.2. The predicted molar refractivity (Wildman–Crippen MR) is 78.8 cm³/mol. The molecule has 0 radical (unpaired) electrons. The number of para-hydroxylation sites is 1. The molecule has 3 heterocycles. The van der Waals surface area contributed by atoms with E-state index < -0.39 is 9.84 Å². The average molecular weight is 302 g/mol. The van der Waals surface area contributed by atoms with E-state index in [9.17, 15) is 13.2 Å². The first-order valence-corrected chi connectivity index (χ1v) is 8.64. The molecule has 2 bridgehead atoms. The maximum atomic E-state index is 12.6. The van der Waals surface area contributed by atoms with Crippen molar-refractivity contribution < 1.29 is 13.2 Å². The Morgan fingerprint density at radius 2 is 2.00 bits per heavy atom. The molecule has 4 rings (SSSR count). The lowest BCUT2D eigenvalue weighted by Gasteiger charge is -2.26. The Morgan fingerprint density at radius 1 is 1.19 bits per heavy atom. The Balaban J connectivity index is 1.66. The standard InChI is InChI=1S/C15H14N2O3S/c18-15(17-8-12-7-11(17)9-21(12,19)20)14-6-5-10-3-1-2-4-13(10)16-14/h1-6,11-12H,7-9H2. The van der Waals surface area contributed by atoms with Crippen molar-refractivity contribution in [2.45, 2.75) is 17.7 Å². The highest BCUT2D eigenvalue weighted by Crippen LogP contribution is 2.33. The molecule has 0 spiro atoms. The van der Waals surface area contributed by atoms with Gasteiger partial charge in [-0.1, -0.05) is 24.3 Å². The van der Waals surface area contributed by atoms with Crippen LogP contribution in [0, 0.1) is 0 Å². The number of hydrogen-bond acceptors (Lipinski definition) is 4. The normalized spacial score (nSPS) is 26.4. The second-order valence-corrected chi connectivity index (χ2v) is 8.01. The summed E-state index contributed by atoms with van der Waals surface area (Å²) < 4.78 is 23.5. The largest absolute Gasteiger partial charge is 0.332 e. The van der Waals surface area contributed by atoms with Crippen LogP contribution in [0.5, 0.6) is 0 Å². The Hall–Kier alpha value is -1.95. The zero-order chi connectivity index (χ0) is 14.6. The van der Waals surface area contributed by atoms with E-state index >= 15 is 0 Å². The van der Waals surface area contributed by atoms with Gasteiger partial charge in [0.1, 0.15) is 5.69 Å². The number of carbonyl (C=O) groups is 1. The number of pyridine rings is 1. The average Bonchev–Trinajstić information content (AvgIpc) is 3.02. The highest BCUT2D eigenvalue weighted by molar-refractivity contribution is 7.92. The highest BCUT2D eigenvalue weighted by Gasteiger charge is 2.50. The Labute approximate surface area is 122 Å². The van der Waals surface area contributed by atoms with Crippen LogP contribution in [0.4, 0.5) is 0 Å². The first-order chi connectivity index (χ1) is 10.0. The molecule has 2 unspecified atom stereocenters. The zero-order valence-corrected chi connectivity index (χ0v) is 12.1. The maximum absolute atomic E-state index is 12.6. The minimum absolute atomic E-state index is 0.0942. The summed E-state index contributed by atoms with van der Waals surface area (Å²) in [7, 11) is -2.98. The van der Waals surface area contributed by atoms with Crippen LogP contribution >= 0.6 is 0 Å². The molecule has 2 aliphatic rings. The van der Waals surface area contributed by atoms with Crippen LogP contribution in [0.2, 0.25) is 0 Å². The van der Waals surface area contributed by atoms with Gasteiger partial charge in [-0.2, -0.15) is 0 Å². The van der Waals surface area contributed by atoms with Crippen molar-refractivity contribution in [1.82, 2.24) is 9.88 Å². The van der Waals surface area contributed by atoms with Gasteiger partial charge in [0.2, 0.25) is 0 Å². The minimum atomic E-state index is -2.98. The van der Waals surface area contributed by atoms with Crippen molar-refractivity contribution in [2.75, 3.05) is 12.3 Å². The summed E-state index contributed by atoms with van der Waals surface area (Å²) >= 11 is 0. The topological polar surface area (TPSA) is 67.3 Å². The number of nitrogens with zero attached hydrogens (tertiary/aromatic N) is 2. The van der Waals surface area contributed by atoms with E-state index in [0.717, 1.165) is 10.9 Å².